The van der Waals surface area contributed by atoms with Crippen LogP contribution in [0.2, 0.25) is 0 Å². The first kappa shape index (κ1) is 8.09. The predicted molar refractivity (Wildman–Crippen MR) is 45.8 cm³/mol. The van der Waals surface area contributed by atoms with Crippen molar-refractivity contribution in [1.29, 1.82) is 0 Å². The largest absolute Gasteiger partial charge is 0.481 e. The van der Waals surface area contributed by atoms with Gasteiger partial charge in [-0.05, 0) is 24.7 Å². The van der Waals surface area contributed by atoms with E-state index in [0.717, 1.165) is 12.3 Å². The first-order valence-corrected chi connectivity index (χ1v) is 5.02. The van der Waals surface area contributed by atoms with Gasteiger partial charge in [-0.15, -0.1) is 0 Å². The topological polar surface area (TPSA) is 37.3 Å². The molecule has 2 fully saturated rings. The van der Waals surface area contributed by atoms with Gasteiger partial charge in [0.15, 0.2) is 0 Å². The Hall–Kier alpha value is -0.530. The molecule has 12 heavy (non-hydrogen) atoms. The lowest BCUT2D eigenvalue weighted by atomic mass is 9.62. The van der Waals surface area contributed by atoms with E-state index >= 15 is 0 Å². The SMILES string of the molecule is O=C(O)[C@@H]1C[C@@H]2CCCCC[C@@H]21. The molecule has 0 amide bonds. The molecule has 0 bridgehead atoms. The Morgan fingerprint density at radius 1 is 1.17 bits per heavy atom. The molecule has 2 nitrogen and oxygen atoms in total. The summed E-state index contributed by atoms with van der Waals surface area (Å²) in [5.74, 6) is 0.741. The van der Waals surface area contributed by atoms with E-state index in [1.54, 1.807) is 0 Å². The molecule has 3 atom stereocenters. The molecule has 0 aromatic rings. The summed E-state index contributed by atoms with van der Waals surface area (Å²) in [6, 6.07) is 0. The zero-order valence-electron chi connectivity index (χ0n) is 7.33. The lowest BCUT2D eigenvalue weighted by molar-refractivity contribution is -0.151. The zero-order chi connectivity index (χ0) is 8.55. The van der Waals surface area contributed by atoms with Crippen LogP contribution in [-0.4, -0.2) is 11.1 Å². The molecule has 0 aromatic heterocycles. The lowest BCUT2D eigenvalue weighted by Crippen LogP contribution is -2.40. The van der Waals surface area contributed by atoms with Gasteiger partial charge in [0, 0.05) is 0 Å². The summed E-state index contributed by atoms with van der Waals surface area (Å²) in [7, 11) is 0. The minimum Gasteiger partial charge on any atom is -0.481 e. The van der Waals surface area contributed by atoms with Crippen LogP contribution in [-0.2, 0) is 4.79 Å². The fraction of sp³-hybridized carbons (Fsp3) is 0.900. The van der Waals surface area contributed by atoms with Crippen LogP contribution in [0.25, 0.3) is 0 Å². The second kappa shape index (κ2) is 3.08. The molecule has 2 aliphatic rings. The molecule has 1 N–H and O–H groups in total. The summed E-state index contributed by atoms with van der Waals surface area (Å²) in [5.41, 5.74) is 0. The van der Waals surface area contributed by atoms with Gasteiger partial charge in [0.25, 0.3) is 0 Å². The highest BCUT2D eigenvalue weighted by Crippen LogP contribution is 2.48. The number of fused-ring (bicyclic) bond motifs is 1. The second-order valence-corrected chi connectivity index (χ2v) is 4.24. The summed E-state index contributed by atoms with van der Waals surface area (Å²) in [6.07, 6.45) is 7.31. The fourth-order valence-electron chi connectivity index (χ4n) is 2.82. The van der Waals surface area contributed by atoms with Crippen molar-refractivity contribution in [2.75, 3.05) is 0 Å². The molecule has 0 heterocycles. The standard InChI is InChI=1S/C10H16O2/c11-10(12)9-6-7-4-2-1-3-5-8(7)9/h7-9H,1-6H2,(H,11,12)/t7-,8-,9+/m0/s1. The van der Waals surface area contributed by atoms with Crippen molar-refractivity contribution in [3.63, 3.8) is 0 Å². The number of hydrogen-bond acceptors (Lipinski definition) is 1. The zero-order valence-corrected chi connectivity index (χ0v) is 7.33. The number of aliphatic carboxylic acids is 1. The van der Waals surface area contributed by atoms with E-state index in [2.05, 4.69) is 0 Å². The van der Waals surface area contributed by atoms with Crippen molar-refractivity contribution in [3.8, 4) is 0 Å². The predicted octanol–water partition coefficient (Wildman–Crippen LogP) is 2.29. The van der Waals surface area contributed by atoms with Crippen LogP contribution in [0.5, 0.6) is 0 Å². The Balaban J connectivity index is 1.96. The lowest BCUT2D eigenvalue weighted by Gasteiger charge is -2.41. The normalized spacial score (nSPS) is 40.8. The third kappa shape index (κ3) is 1.23. The minimum atomic E-state index is -0.557. The molecule has 2 aliphatic carbocycles. The number of carbonyl (C=O) groups is 1. The Labute approximate surface area is 73.0 Å². The van der Waals surface area contributed by atoms with Crippen molar-refractivity contribution < 1.29 is 9.90 Å². The first-order chi connectivity index (χ1) is 5.79. The van der Waals surface area contributed by atoms with Crippen molar-refractivity contribution in [2.45, 2.75) is 38.5 Å². The van der Waals surface area contributed by atoms with Crippen molar-refractivity contribution in [2.24, 2.45) is 17.8 Å². The molecule has 0 saturated heterocycles. The summed E-state index contributed by atoms with van der Waals surface area (Å²) >= 11 is 0. The molecule has 0 spiro atoms. The van der Waals surface area contributed by atoms with Gasteiger partial charge in [0.05, 0.1) is 5.92 Å². The molecule has 0 unspecified atom stereocenters. The monoisotopic (exact) mass is 168 g/mol. The fourth-order valence-corrected chi connectivity index (χ4v) is 2.82. The molecule has 2 rings (SSSR count). The van der Waals surface area contributed by atoms with Crippen LogP contribution in [0.4, 0.5) is 0 Å². The van der Waals surface area contributed by atoms with Gasteiger partial charge < -0.3 is 5.11 Å². The highest BCUT2D eigenvalue weighted by Gasteiger charge is 2.44. The molecule has 68 valence electrons. The van der Waals surface area contributed by atoms with Gasteiger partial charge in [-0.3, -0.25) is 4.79 Å². The average molecular weight is 168 g/mol. The number of hydrogen-bond donors (Lipinski definition) is 1. The Kier molecular flexibility index (Phi) is 2.07. The molecular formula is C10H16O2. The van der Waals surface area contributed by atoms with Crippen molar-refractivity contribution in [3.05, 3.63) is 0 Å². The van der Waals surface area contributed by atoms with Gasteiger partial charge >= 0.3 is 5.97 Å². The van der Waals surface area contributed by atoms with E-state index in [1.165, 1.54) is 32.1 Å². The molecule has 0 aromatic carbocycles. The quantitative estimate of drug-likeness (QED) is 0.652. The third-order valence-corrected chi connectivity index (χ3v) is 3.61. The van der Waals surface area contributed by atoms with Crippen LogP contribution in [0.15, 0.2) is 0 Å². The Bertz CT molecular complexity index is 188. The van der Waals surface area contributed by atoms with Gasteiger partial charge in [-0.25, -0.2) is 0 Å². The molecule has 0 radical (unpaired) electrons. The maximum Gasteiger partial charge on any atom is 0.306 e. The maximum absolute atomic E-state index is 10.7. The maximum atomic E-state index is 10.7. The third-order valence-electron chi connectivity index (χ3n) is 3.61. The molecule has 2 saturated carbocycles. The van der Waals surface area contributed by atoms with Gasteiger partial charge in [-0.2, -0.15) is 0 Å². The van der Waals surface area contributed by atoms with E-state index in [4.69, 9.17) is 5.11 Å². The number of rotatable bonds is 1. The van der Waals surface area contributed by atoms with Crippen LogP contribution in [0.1, 0.15) is 38.5 Å². The Morgan fingerprint density at radius 2 is 1.92 bits per heavy atom. The van der Waals surface area contributed by atoms with Crippen LogP contribution in [0, 0.1) is 17.8 Å². The first-order valence-electron chi connectivity index (χ1n) is 5.02. The summed E-state index contributed by atoms with van der Waals surface area (Å²) < 4.78 is 0. The van der Waals surface area contributed by atoms with Crippen molar-refractivity contribution >= 4 is 5.97 Å². The van der Waals surface area contributed by atoms with E-state index in [1.807, 2.05) is 0 Å². The summed E-state index contributed by atoms with van der Waals surface area (Å²) in [5, 5.41) is 8.86. The number of carboxylic acid groups (broad SMARTS) is 1. The van der Waals surface area contributed by atoms with Crippen LogP contribution in [0.3, 0.4) is 0 Å². The van der Waals surface area contributed by atoms with Crippen LogP contribution < -0.4 is 0 Å². The molecular weight excluding hydrogens is 152 g/mol. The highest BCUT2D eigenvalue weighted by atomic mass is 16.4. The van der Waals surface area contributed by atoms with Gasteiger partial charge in [0.2, 0.25) is 0 Å². The second-order valence-electron chi connectivity index (χ2n) is 4.24. The molecule has 0 aliphatic heterocycles. The highest BCUT2D eigenvalue weighted by molar-refractivity contribution is 5.71. The van der Waals surface area contributed by atoms with E-state index in [-0.39, 0.29) is 5.92 Å². The van der Waals surface area contributed by atoms with Crippen molar-refractivity contribution in [1.82, 2.24) is 0 Å². The van der Waals surface area contributed by atoms with E-state index in [9.17, 15) is 4.79 Å². The minimum absolute atomic E-state index is 0.00750. The van der Waals surface area contributed by atoms with Crippen LogP contribution >= 0.6 is 0 Å². The number of carboxylic acids is 1. The summed E-state index contributed by atoms with van der Waals surface area (Å²) in [6.45, 7) is 0. The van der Waals surface area contributed by atoms with Gasteiger partial charge in [-0.1, -0.05) is 25.7 Å². The van der Waals surface area contributed by atoms with Gasteiger partial charge in [0.1, 0.15) is 0 Å². The average Bonchev–Trinajstić information content (AvgIpc) is 2.13. The summed E-state index contributed by atoms with van der Waals surface area (Å²) in [4.78, 5) is 10.7. The van der Waals surface area contributed by atoms with E-state index < -0.39 is 5.97 Å². The molecule has 2 heteroatoms. The smallest absolute Gasteiger partial charge is 0.306 e. The van der Waals surface area contributed by atoms with E-state index in [0.29, 0.717) is 5.92 Å². The Morgan fingerprint density at radius 3 is 2.67 bits per heavy atom.